The van der Waals surface area contributed by atoms with Crippen molar-refractivity contribution in [1.29, 1.82) is 0 Å². The molecule has 1 aromatic carbocycles. The smallest absolute Gasteiger partial charge is 0.243 e. The Kier molecular flexibility index (Phi) is 7.05. The lowest BCUT2D eigenvalue weighted by Crippen LogP contribution is -2.45. The highest BCUT2D eigenvalue weighted by molar-refractivity contribution is 9.10. The minimum absolute atomic E-state index is 0.00913. The molecule has 2 aliphatic rings. The first-order valence-electron chi connectivity index (χ1n) is 9.39. The Hall–Kier alpha value is -1.44. The van der Waals surface area contributed by atoms with E-state index < -0.39 is 0 Å². The van der Waals surface area contributed by atoms with Gasteiger partial charge in [0.15, 0.2) is 0 Å². The summed E-state index contributed by atoms with van der Waals surface area (Å²) in [7, 11) is 0. The summed E-state index contributed by atoms with van der Waals surface area (Å²) in [6.45, 7) is 4.77. The number of rotatable bonds is 7. The Balaban J connectivity index is 1.40. The van der Waals surface area contributed by atoms with Crippen molar-refractivity contribution in [2.75, 3.05) is 44.6 Å². The molecule has 0 radical (unpaired) electrons. The molecule has 1 unspecified atom stereocenters. The third kappa shape index (κ3) is 5.53. The molecule has 26 heavy (non-hydrogen) atoms. The molecule has 142 valence electrons. The average Bonchev–Trinajstić information content (AvgIpc) is 3.28. The monoisotopic (exact) mass is 422 g/mol. The van der Waals surface area contributed by atoms with Crippen molar-refractivity contribution in [1.82, 2.24) is 15.1 Å². The SMILES string of the molecule is O=C(CN1CCCC1CN1CCCC1)NCC(=O)Nc1ccccc1Br. The summed E-state index contributed by atoms with van der Waals surface area (Å²) in [5.41, 5.74) is 0.706. The van der Waals surface area contributed by atoms with Crippen LogP contribution in [0.5, 0.6) is 0 Å². The number of carbonyl (C=O) groups is 2. The summed E-state index contributed by atoms with van der Waals surface area (Å²) in [4.78, 5) is 29.1. The molecule has 0 saturated carbocycles. The molecule has 2 N–H and O–H groups in total. The fraction of sp³-hybridized carbons (Fsp3) is 0.579. The molecule has 3 rings (SSSR count). The topological polar surface area (TPSA) is 64.7 Å². The van der Waals surface area contributed by atoms with Gasteiger partial charge in [0.1, 0.15) is 0 Å². The molecule has 2 fully saturated rings. The summed E-state index contributed by atoms with van der Waals surface area (Å²) in [6, 6.07) is 7.88. The van der Waals surface area contributed by atoms with Gasteiger partial charge in [-0.05, 0) is 73.4 Å². The molecular formula is C19H27BrN4O2. The second-order valence-corrected chi connectivity index (χ2v) is 7.93. The Morgan fingerprint density at radius 3 is 2.62 bits per heavy atom. The Morgan fingerprint density at radius 1 is 1.08 bits per heavy atom. The Bertz CT molecular complexity index is 634. The predicted molar refractivity (Wildman–Crippen MR) is 106 cm³/mol. The first kappa shape index (κ1) is 19.3. The van der Waals surface area contributed by atoms with Crippen LogP contribution < -0.4 is 10.6 Å². The Labute approximate surface area is 163 Å². The van der Waals surface area contributed by atoms with E-state index in [2.05, 4.69) is 36.4 Å². The molecule has 0 bridgehead atoms. The first-order chi connectivity index (χ1) is 12.6. The van der Waals surface area contributed by atoms with Crippen LogP contribution in [-0.4, -0.2) is 66.9 Å². The number of nitrogens with one attached hydrogen (secondary N) is 2. The largest absolute Gasteiger partial charge is 0.346 e. The van der Waals surface area contributed by atoms with E-state index in [1.165, 1.54) is 25.9 Å². The highest BCUT2D eigenvalue weighted by Gasteiger charge is 2.28. The summed E-state index contributed by atoms with van der Waals surface area (Å²) in [5.74, 6) is -0.305. The first-order valence-corrected chi connectivity index (χ1v) is 10.2. The van der Waals surface area contributed by atoms with Gasteiger partial charge in [-0.25, -0.2) is 0 Å². The molecule has 2 heterocycles. The van der Waals surface area contributed by atoms with E-state index in [9.17, 15) is 9.59 Å². The third-order valence-electron chi connectivity index (χ3n) is 5.11. The van der Waals surface area contributed by atoms with Gasteiger partial charge < -0.3 is 15.5 Å². The molecule has 0 aliphatic carbocycles. The van der Waals surface area contributed by atoms with Crippen LogP contribution in [0.1, 0.15) is 25.7 Å². The van der Waals surface area contributed by atoms with Crippen molar-refractivity contribution < 1.29 is 9.59 Å². The van der Waals surface area contributed by atoms with Crippen molar-refractivity contribution in [3.05, 3.63) is 28.7 Å². The number of benzene rings is 1. The maximum absolute atomic E-state index is 12.2. The predicted octanol–water partition coefficient (Wildman–Crippen LogP) is 2.06. The van der Waals surface area contributed by atoms with Crippen molar-refractivity contribution in [3.63, 3.8) is 0 Å². The van der Waals surface area contributed by atoms with Crippen molar-refractivity contribution >= 4 is 33.4 Å². The molecule has 0 spiro atoms. The molecule has 1 atom stereocenters. The van der Waals surface area contributed by atoms with E-state index in [0.717, 1.165) is 30.4 Å². The van der Waals surface area contributed by atoms with E-state index in [4.69, 9.17) is 0 Å². The second-order valence-electron chi connectivity index (χ2n) is 7.08. The highest BCUT2D eigenvalue weighted by Crippen LogP contribution is 2.21. The van der Waals surface area contributed by atoms with Crippen molar-refractivity contribution in [3.8, 4) is 0 Å². The van der Waals surface area contributed by atoms with E-state index in [1.54, 1.807) is 0 Å². The number of halogens is 1. The molecule has 2 amide bonds. The van der Waals surface area contributed by atoms with Gasteiger partial charge in [0.05, 0.1) is 18.8 Å². The zero-order chi connectivity index (χ0) is 18.4. The minimum Gasteiger partial charge on any atom is -0.346 e. The van der Waals surface area contributed by atoms with Crippen LogP contribution >= 0.6 is 15.9 Å². The van der Waals surface area contributed by atoms with Crippen LogP contribution in [-0.2, 0) is 9.59 Å². The summed E-state index contributed by atoms with van der Waals surface area (Å²) < 4.78 is 0.821. The molecule has 0 aromatic heterocycles. The van der Waals surface area contributed by atoms with Gasteiger partial charge in [-0.3, -0.25) is 14.5 Å². The van der Waals surface area contributed by atoms with E-state index in [0.29, 0.717) is 18.3 Å². The van der Waals surface area contributed by atoms with E-state index >= 15 is 0 Å². The number of nitrogens with zero attached hydrogens (tertiary/aromatic N) is 2. The maximum Gasteiger partial charge on any atom is 0.243 e. The summed E-state index contributed by atoms with van der Waals surface area (Å²) in [5, 5.41) is 5.54. The lowest BCUT2D eigenvalue weighted by Gasteiger charge is -2.27. The maximum atomic E-state index is 12.2. The van der Waals surface area contributed by atoms with Gasteiger partial charge in [-0.1, -0.05) is 12.1 Å². The fourth-order valence-corrected chi connectivity index (χ4v) is 4.13. The number of hydrogen-bond acceptors (Lipinski definition) is 4. The van der Waals surface area contributed by atoms with Crippen molar-refractivity contribution in [2.45, 2.75) is 31.7 Å². The lowest BCUT2D eigenvalue weighted by atomic mass is 10.2. The zero-order valence-electron chi connectivity index (χ0n) is 15.0. The van der Waals surface area contributed by atoms with Crippen LogP contribution in [0.4, 0.5) is 5.69 Å². The fourth-order valence-electron chi connectivity index (χ4n) is 3.75. The van der Waals surface area contributed by atoms with E-state index in [-0.39, 0.29) is 18.4 Å². The van der Waals surface area contributed by atoms with Gasteiger partial charge in [-0.15, -0.1) is 0 Å². The number of hydrogen-bond donors (Lipinski definition) is 2. The van der Waals surface area contributed by atoms with Crippen LogP contribution in [0.2, 0.25) is 0 Å². The normalized spacial score (nSPS) is 21.0. The van der Waals surface area contributed by atoms with Crippen LogP contribution in [0.3, 0.4) is 0 Å². The molecular weight excluding hydrogens is 396 g/mol. The third-order valence-corrected chi connectivity index (χ3v) is 5.80. The number of para-hydroxylation sites is 1. The summed E-state index contributed by atoms with van der Waals surface area (Å²) in [6.07, 6.45) is 4.89. The second kappa shape index (κ2) is 9.48. The lowest BCUT2D eigenvalue weighted by molar-refractivity contribution is -0.125. The van der Waals surface area contributed by atoms with Crippen molar-refractivity contribution in [2.24, 2.45) is 0 Å². The summed E-state index contributed by atoms with van der Waals surface area (Å²) >= 11 is 3.39. The highest BCUT2D eigenvalue weighted by atomic mass is 79.9. The van der Waals surface area contributed by atoms with Crippen LogP contribution in [0.15, 0.2) is 28.7 Å². The van der Waals surface area contributed by atoms with E-state index in [1.807, 2.05) is 24.3 Å². The number of amides is 2. The average molecular weight is 423 g/mol. The van der Waals surface area contributed by atoms with Gasteiger partial charge in [0, 0.05) is 17.1 Å². The van der Waals surface area contributed by atoms with Crippen LogP contribution in [0, 0.1) is 0 Å². The Morgan fingerprint density at radius 2 is 1.85 bits per heavy atom. The number of carbonyl (C=O) groups excluding carboxylic acids is 2. The number of likely N-dealkylation sites (tertiary alicyclic amines) is 2. The van der Waals surface area contributed by atoms with Gasteiger partial charge in [0.25, 0.3) is 0 Å². The minimum atomic E-state index is -0.222. The number of anilines is 1. The zero-order valence-corrected chi connectivity index (χ0v) is 16.6. The van der Waals surface area contributed by atoms with Gasteiger partial charge >= 0.3 is 0 Å². The molecule has 1 aromatic rings. The molecule has 7 heteroatoms. The standard InChI is InChI=1S/C19H27BrN4O2/c20-16-7-1-2-8-17(16)22-18(25)12-21-19(26)14-24-11-5-6-15(24)13-23-9-3-4-10-23/h1-2,7-8,15H,3-6,9-14H2,(H,21,26)(H,22,25). The van der Waals surface area contributed by atoms with Gasteiger partial charge in [0.2, 0.25) is 11.8 Å². The van der Waals surface area contributed by atoms with Crippen LogP contribution in [0.25, 0.3) is 0 Å². The molecule has 2 aliphatic heterocycles. The molecule has 2 saturated heterocycles. The van der Waals surface area contributed by atoms with Gasteiger partial charge in [-0.2, -0.15) is 0 Å². The quantitative estimate of drug-likeness (QED) is 0.705. The molecule has 6 nitrogen and oxygen atoms in total.